The summed E-state index contributed by atoms with van der Waals surface area (Å²) >= 11 is 0. The van der Waals surface area contributed by atoms with Gasteiger partial charge in [-0.3, -0.25) is 4.79 Å². The third-order valence-electron chi connectivity index (χ3n) is 5.14. The summed E-state index contributed by atoms with van der Waals surface area (Å²) in [7, 11) is 0. The van der Waals surface area contributed by atoms with E-state index >= 15 is 0 Å². The third-order valence-corrected chi connectivity index (χ3v) is 5.14. The second-order valence-corrected chi connectivity index (χ2v) is 7.23. The van der Waals surface area contributed by atoms with Gasteiger partial charge in [0.25, 0.3) is 0 Å². The summed E-state index contributed by atoms with van der Waals surface area (Å²) in [5, 5.41) is 9.66. The number of nitrogens with zero attached hydrogens (tertiary/aromatic N) is 2. The molecule has 27 heavy (non-hydrogen) atoms. The number of rotatable bonds is 8. The van der Waals surface area contributed by atoms with Gasteiger partial charge in [-0.05, 0) is 56.0 Å². The van der Waals surface area contributed by atoms with Crippen LogP contribution in [-0.2, 0) is 13.0 Å². The molecule has 0 fully saturated rings. The monoisotopic (exact) mass is 364 g/mol. The molecule has 0 aliphatic rings. The average Bonchev–Trinajstić information content (AvgIpc) is 2.99. The molecule has 1 unspecified atom stereocenters. The lowest BCUT2D eigenvalue weighted by Crippen LogP contribution is -2.16. The lowest BCUT2D eigenvalue weighted by atomic mass is 9.91. The molecule has 1 atom stereocenters. The van der Waals surface area contributed by atoms with Crippen LogP contribution in [0.2, 0.25) is 0 Å². The van der Waals surface area contributed by atoms with Crippen LogP contribution in [0.3, 0.4) is 0 Å². The largest absolute Gasteiger partial charge is 0.508 e. The molecule has 2 aromatic carbocycles. The Morgan fingerprint density at radius 1 is 1.19 bits per heavy atom. The van der Waals surface area contributed by atoms with E-state index in [1.807, 2.05) is 6.92 Å². The molecule has 0 spiro atoms. The number of aromatic nitrogens is 2. The van der Waals surface area contributed by atoms with E-state index in [1.54, 1.807) is 24.3 Å². The zero-order valence-electron chi connectivity index (χ0n) is 16.4. The molecular formula is C23H28N2O2. The van der Waals surface area contributed by atoms with Gasteiger partial charge in [0.2, 0.25) is 0 Å². The fourth-order valence-electron chi connectivity index (χ4n) is 3.67. The molecular weight excluding hydrogens is 336 g/mol. The SMILES string of the molecule is CCCn1c(CCC(CC)C(=O)c2cccc(O)c2)nc2cc(C)ccc21. The first-order chi connectivity index (χ1) is 13.0. The highest BCUT2D eigenvalue weighted by molar-refractivity contribution is 5.98. The van der Waals surface area contributed by atoms with Gasteiger partial charge in [0.1, 0.15) is 11.6 Å². The van der Waals surface area contributed by atoms with Gasteiger partial charge in [-0.2, -0.15) is 0 Å². The molecule has 3 aromatic rings. The summed E-state index contributed by atoms with van der Waals surface area (Å²) in [6.45, 7) is 7.24. The van der Waals surface area contributed by atoms with Crippen molar-refractivity contribution < 1.29 is 9.90 Å². The van der Waals surface area contributed by atoms with Crippen molar-refractivity contribution in [2.24, 2.45) is 5.92 Å². The van der Waals surface area contributed by atoms with Crippen LogP contribution in [0.1, 0.15) is 54.9 Å². The Hall–Kier alpha value is -2.62. The van der Waals surface area contributed by atoms with Gasteiger partial charge in [-0.25, -0.2) is 4.98 Å². The number of imidazole rings is 1. The van der Waals surface area contributed by atoms with E-state index < -0.39 is 0 Å². The lowest BCUT2D eigenvalue weighted by molar-refractivity contribution is 0.0909. The van der Waals surface area contributed by atoms with Crippen molar-refractivity contribution in [3.8, 4) is 5.75 Å². The topological polar surface area (TPSA) is 55.1 Å². The Balaban J connectivity index is 1.81. The highest BCUT2D eigenvalue weighted by atomic mass is 16.3. The fourth-order valence-corrected chi connectivity index (χ4v) is 3.67. The second-order valence-electron chi connectivity index (χ2n) is 7.23. The van der Waals surface area contributed by atoms with Gasteiger partial charge in [0.05, 0.1) is 11.0 Å². The second kappa shape index (κ2) is 8.38. The molecule has 1 heterocycles. The summed E-state index contributed by atoms with van der Waals surface area (Å²) in [6.07, 6.45) is 3.36. The van der Waals surface area contributed by atoms with Crippen molar-refractivity contribution in [2.45, 2.75) is 53.0 Å². The minimum atomic E-state index is -0.0663. The van der Waals surface area contributed by atoms with Crippen molar-refractivity contribution in [2.75, 3.05) is 0 Å². The third kappa shape index (κ3) is 4.21. The molecule has 0 amide bonds. The predicted octanol–water partition coefficient (Wildman–Crippen LogP) is 5.30. The average molecular weight is 364 g/mol. The quantitative estimate of drug-likeness (QED) is 0.552. The summed E-state index contributed by atoms with van der Waals surface area (Å²) < 4.78 is 2.29. The maximum atomic E-state index is 12.8. The molecule has 0 bridgehead atoms. The molecule has 0 radical (unpaired) electrons. The van der Waals surface area contributed by atoms with E-state index in [4.69, 9.17) is 4.98 Å². The predicted molar refractivity (Wildman–Crippen MR) is 109 cm³/mol. The maximum absolute atomic E-state index is 12.8. The highest BCUT2D eigenvalue weighted by Crippen LogP contribution is 2.24. The summed E-state index contributed by atoms with van der Waals surface area (Å²) in [6, 6.07) is 13.0. The summed E-state index contributed by atoms with van der Waals surface area (Å²) in [5.74, 6) is 1.22. The molecule has 142 valence electrons. The van der Waals surface area contributed by atoms with E-state index in [0.717, 1.165) is 43.6 Å². The lowest BCUT2D eigenvalue weighted by Gasteiger charge is -2.15. The van der Waals surface area contributed by atoms with Gasteiger partial charge >= 0.3 is 0 Å². The molecule has 1 N–H and O–H groups in total. The fraction of sp³-hybridized carbons (Fsp3) is 0.391. The van der Waals surface area contributed by atoms with Gasteiger partial charge in [-0.15, -0.1) is 0 Å². The number of hydrogen-bond acceptors (Lipinski definition) is 3. The Kier molecular flexibility index (Phi) is 5.94. The van der Waals surface area contributed by atoms with E-state index in [0.29, 0.717) is 5.56 Å². The summed E-state index contributed by atoms with van der Waals surface area (Å²) in [5.41, 5.74) is 4.00. The minimum absolute atomic E-state index is 0.0663. The Bertz CT molecular complexity index is 943. The zero-order chi connectivity index (χ0) is 19.4. The number of Topliss-reactive ketones (excluding diaryl/α,β-unsaturated/α-hetero) is 1. The number of ketones is 1. The van der Waals surface area contributed by atoms with Gasteiger partial charge < -0.3 is 9.67 Å². The maximum Gasteiger partial charge on any atom is 0.166 e. The molecule has 4 nitrogen and oxygen atoms in total. The van der Waals surface area contributed by atoms with Crippen LogP contribution in [0.15, 0.2) is 42.5 Å². The van der Waals surface area contributed by atoms with Crippen LogP contribution >= 0.6 is 0 Å². The molecule has 0 saturated carbocycles. The molecule has 0 saturated heterocycles. The zero-order valence-corrected chi connectivity index (χ0v) is 16.4. The van der Waals surface area contributed by atoms with Crippen molar-refractivity contribution in [1.82, 2.24) is 9.55 Å². The van der Waals surface area contributed by atoms with Crippen LogP contribution in [0.4, 0.5) is 0 Å². The van der Waals surface area contributed by atoms with Crippen LogP contribution < -0.4 is 0 Å². The number of hydrogen-bond donors (Lipinski definition) is 1. The van der Waals surface area contributed by atoms with Crippen LogP contribution in [-0.4, -0.2) is 20.4 Å². The van der Waals surface area contributed by atoms with E-state index in [9.17, 15) is 9.90 Å². The van der Waals surface area contributed by atoms with Gasteiger partial charge in [0.15, 0.2) is 5.78 Å². The Labute approximate surface area is 160 Å². The first kappa shape index (κ1) is 19.2. The first-order valence-corrected chi connectivity index (χ1v) is 9.82. The number of carbonyl (C=O) groups excluding carboxylic acids is 1. The first-order valence-electron chi connectivity index (χ1n) is 9.82. The number of carbonyl (C=O) groups is 1. The van der Waals surface area contributed by atoms with E-state index in [1.165, 1.54) is 11.1 Å². The number of phenols is 1. The van der Waals surface area contributed by atoms with Crippen molar-refractivity contribution >= 4 is 16.8 Å². The standard InChI is InChI=1S/C23H28N2O2/c1-4-13-25-21-11-9-16(3)14-20(21)24-22(25)12-10-17(5-2)23(27)18-7-6-8-19(26)15-18/h6-9,11,14-15,17,26H,4-5,10,12-13H2,1-3H3. The number of aromatic hydroxyl groups is 1. The van der Waals surface area contributed by atoms with Gasteiger partial charge in [-0.1, -0.05) is 32.0 Å². The van der Waals surface area contributed by atoms with E-state index in [2.05, 4.69) is 36.6 Å². The number of fused-ring (bicyclic) bond motifs is 1. The molecule has 3 rings (SSSR count). The van der Waals surface area contributed by atoms with Crippen molar-refractivity contribution in [3.05, 3.63) is 59.4 Å². The molecule has 4 heteroatoms. The van der Waals surface area contributed by atoms with E-state index in [-0.39, 0.29) is 17.5 Å². The van der Waals surface area contributed by atoms with Crippen LogP contribution in [0, 0.1) is 12.8 Å². The van der Waals surface area contributed by atoms with Crippen molar-refractivity contribution in [1.29, 1.82) is 0 Å². The molecule has 0 aliphatic carbocycles. The minimum Gasteiger partial charge on any atom is -0.508 e. The number of aryl methyl sites for hydroxylation is 3. The highest BCUT2D eigenvalue weighted by Gasteiger charge is 2.20. The molecule has 1 aromatic heterocycles. The Morgan fingerprint density at radius 2 is 2.00 bits per heavy atom. The normalized spacial score (nSPS) is 12.4. The van der Waals surface area contributed by atoms with Crippen molar-refractivity contribution in [3.63, 3.8) is 0 Å². The number of phenolic OH excluding ortho intramolecular Hbond substituents is 1. The Morgan fingerprint density at radius 3 is 2.70 bits per heavy atom. The van der Waals surface area contributed by atoms with Crippen LogP contribution in [0.25, 0.3) is 11.0 Å². The number of benzene rings is 2. The van der Waals surface area contributed by atoms with Gasteiger partial charge in [0, 0.05) is 24.4 Å². The summed E-state index contributed by atoms with van der Waals surface area (Å²) in [4.78, 5) is 17.7. The smallest absolute Gasteiger partial charge is 0.166 e. The molecule has 0 aliphatic heterocycles. The van der Waals surface area contributed by atoms with Crippen LogP contribution in [0.5, 0.6) is 5.75 Å².